The van der Waals surface area contributed by atoms with Crippen LogP contribution in [0.3, 0.4) is 0 Å². The van der Waals surface area contributed by atoms with Gasteiger partial charge in [0.05, 0.1) is 10.5 Å². The maximum absolute atomic E-state index is 12.8. The molecule has 2 aromatic rings. The van der Waals surface area contributed by atoms with Crippen LogP contribution < -0.4 is 10.6 Å². The highest BCUT2D eigenvalue weighted by Crippen LogP contribution is 2.33. The quantitative estimate of drug-likeness (QED) is 0.612. The van der Waals surface area contributed by atoms with E-state index < -0.39 is 39.8 Å². The van der Waals surface area contributed by atoms with Crippen molar-refractivity contribution >= 4 is 33.4 Å². The lowest BCUT2D eigenvalue weighted by Crippen LogP contribution is -2.40. The summed E-state index contributed by atoms with van der Waals surface area (Å²) in [7, 11) is -4.02. The molecule has 3 N–H and O–H groups in total. The van der Waals surface area contributed by atoms with Crippen molar-refractivity contribution in [2.75, 3.05) is 17.2 Å². The van der Waals surface area contributed by atoms with Crippen LogP contribution in [0.2, 0.25) is 0 Å². The van der Waals surface area contributed by atoms with Gasteiger partial charge in [-0.3, -0.25) is 4.79 Å². The molecule has 0 radical (unpaired) electrons. The number of urea groups is 1. The van der Waals surface area contributed by atoms with Crippen LogP contribution in [0.25, 0.3) is 0 Å². The number of hydrogen-bond donors (Lipinski definition) is 3. The fourth-order valence-electron chi connectivity index (χ4n) is 3.47. The molecule has 0 bridgehead atoms. The number of nitrogens with zero attached hydrogens (tertiary/aromatic N) is 1. The van der Waals surface area contributed by atoms with Crippen LogP contribution >= 0.6 is 0 Å². The first-order valence-electron chi connectivity index (χ1n) is 9.50. The molecule has 12 heteroatoms. The minimum atomic E-state index is -4.49. The van der Waals surface area contributed by atoms with Crippen molar-refractivity contribution in [2.45, 2.75) is 36.9 Å². The van der Waals surface area contributed by atoms with E-state index in [-0.39, 0.29) is 34.8 Å². The lowest BCUT2D eigenvalue weighted by Gasteiger charge is -2.21. The van der Waals surface area contributed by atoms with Gasteiger partial charge >= 0.3 is 18.2 Å². The van der Waals surface area contributed by atoms with Gasteiger partial charge in [0.25, 0.3) is 0 Å². The Labute approximate surface area is 182 Å². The van der Waals surface area contributed by atoms with Gasteiger partial charge in [-0.2, -0.15) is 17.5 Å². The Bertz CT molecular complexity index is 1130. The molecule has 1 atom stereocenters. The minimum absolute atomic E-state index is 0.0496. The third-order valence-corrected chi connectivity index (χ3v) is 6.92. The first kappa shape index (κ1) is 23.5. The molecule has 8 nitrogen and oxygen atoms in total. The number of alkyl halides is 3. The van der Waals surface area contributed by atoms with E-state index in [0.29, 0.717) is 6.42 Å². The molecule has 1 fully saturated rings. The van der Waals surface area contributed by atoms with Crippen LogP contribution in [-0.2, 0) is 21.0 Å². The molecular formula is C20H20F3N3O5S. The summed E-state index contributed by atoms with van der Waals surface area (Å²) >= 11 is 0. The molecular weight excluding hydrogens is 451 g/mol. The molecule has 0 unspecified atom stereocenters. The Balaban J connectivity index is 1.67. The van der Waals surface area contributed by atoms with Gasteiger partial charge in [0.2, 0.25) is 10.0 Å². The van der Waals surface area contributed by atoms with Crippen LogP contribution in [0.5, 0.6) is 0 Å². The van der Waals surface area contributed by atoms with Crippen molar-refractivity contribution in [2.24, 2.45) is 0 Å². The van der Waals surface area contributed by atoms with Gasteiger partial charge in [0.1, 0.15) is 6.04 Å². The Hall–Kier alpha value is -3.12. The number of carboxylic acids is 1. The van der Waals surface area contributed by atoms with E-state index in [1.54, 1.807) is 0 Å². The van der Waals surface area contributed by atoms with Crippen molar-refractivity contribution in [1.82, 2.24) is 4.31 Å². The van der Waals surface area contributed by atoms with E-state index in [0.717, 1.165) is 16.4 Å². The summed E-state index contributed by atoms with van der Waals surface area (Å²) in [5.74, 6) is -1.21. The molecule has 0 saturated carbocycles. The molecule has 32 heavy (non-hydrogen) atoms. The van der Waals surface area contributed by atoms with Crippen LogP contribution in [0, 0.1) is 6.92 Å². The number of nitrogens with one attached hydrogen (secondary N) is 2. The molecule has 0 spiro atoms. The van der Waals surface area contributed by atoms with Gasteiger partial charge < -0.3 is 15.7 Å². The van der Waals surface area contributed by atoms with E-state index >= 15 is 0 Å². The van der Waals surface area contributed by atoms with Crippen LogP contribution in [0.1, 0.15) is 24.0 Å². The molecule has 1 heterocycles. The normalized spacial score (nSPS) is 17.2. The number of carboxylic acid groups (broad SMARTS) is 1. The van der Waals surface area contributed by atoms with Crippen molar-refractivity contribution in [3.8, 4) is 0 Å². The summed E-state index contributed by atoms with van der Waals surface area (Å²) in [4.78, 5) is 23.3. The number of sulfonamides is 1. The van der Waals surface area contributed by atoms with E-state index in [1.807, 2.05) is 0 Å². The third kappa shape index (κ3) is 5.02. The zero-order chi connectivity index (χ0) is 23.7. The molecule has 2 amide bonds. The highest BCUT2D eigenvalue weighted by Gasteiger charge is 2.39. The van der Waals surface area contributed by atoms with Gasteiger partial charge in [-0.25, -0.2) is 13.2 Å². The van der Waals surface area contributed by atoms with Crippen LogP contribution in [0.4, 0.5) is 29.3 Å². The maximum atomic E-state index is 12.8. The number of halogens is 3. The second-order valence-electron chi connectivity index (χ2n) is 7.24. The molecule has 2 aromatic carbocycles. The minimum Gasteiger partial charge on any atom is -0.480 e. The number of benzene rings is 2. The Morgan fingerprint density at radius 3 is 2.22 bits per heavy atom. The Kier molecular flexibility index (Phi) is 6.46. The molecule has 1 saturated heterocycles. The van der Waals surface area contributed by atoms with Gasteiger partial charge in [-0.15, -0.1) is 0 Å². The summed E-state index contributed by atoms with van der Waals surface area (Å²) < 4.78 is 64.9. The van der Waals surface area contributed by atoms with Crippen molar-refractivity contribution in [3.05, 3.63) is 53.6 Å². The summed E-state index contributed by atoms with van der Waals surface area (Å²) in [6.07, 6.45) is -3.82. The van der Waals surface area contributed by atoms with Crippen molar-refractivity contribution in [1.29, 1.82) is 0 Å². The fourth-order valence-corrected chi connectivity index (χ4v) is 5.12. The smallest absolute Gasteiger partial charge is 0.416 e. The molecule has 1 aliphatic heterocycles. The number of anilines is 2. The lowest BCUT2D eigenvalue weighted by molar-refractivity contribution is -0.140. The van der Waals surface area contributed by atoms with E-state index in [1.165, 1.54) is 37.3 Å². The van der Waals surface area contributed by atoms with Gasteiger partial charge in [-0.1, -0.05) is 0 Å². The topological polar surface area (TPSA) is 116 Å². The summed E-state index contributed by atoms with van der Waals surface area (Å²) in [6.45, 7) is 1.38. The van der Waals surface area contributed by atoms with Gasteiger partial charge in [0.15, 0.2) is 0 Å². The number of amides is 2. The highest BCUT2D eigenvalue weighted by atomic mass is 32.2. The summed E-state index contributed by atoms with van der Waals surface area (Å²) in [6, 6.07) is 6.48. The number of aryl methyl sites for hydroxylation is 1. The fraction of sp³-hybridized carbons (Fsp3) is 0.300. The average Bonchev–Trinajstić information content (AvgIpc) is 3.18. The van der Waals surface area contributed by atoms with E-state index in [9.17, 15) is 36.3 Å². The Morgan fingerprint density at radius 1 is 1.06 bits per heavy atom. The standard InChI is InChI=1S/C20H20F3N3O5S/c1-12-11-14(6-9-16(12)20(21,22)23)25-19(29)24-13-4-7-15(8-5-13)32(30,31)26-10-2-3-17(26)18(27)28/h4-9,11,17H,2-3,10H2,1H3,(H,27,28)(H2,24,25,29)/t17-/m0/s1. The first-order valence-corrected chi connectivity index (χ1v) is 10.9. The van der Waals surface area contributed by atoms with Crippen molar-refractivity contribution in [3.63, 3.8) is 0 Å². The summed E-state index contributed by atoms with van der Waals surface area (Å²) in [5.41, 5.74) is -0.461. The molecule has 172 valence electrons. The summed E-state index contributed by atoms with van der Waals surface area (Å²) in [5, 5.41) is 14.1. The molecule has 0 aliphatic carbocycles. The van der Waals surface area contributed by atoms with Crippen molar-refractivity contribution < 1.29 is 36.3 Å². The average molecular weight is 471 g/mol. The zero-order valence-electron chi connectivity index (χ0n) is 16.8. The maximum Gasteiger partial charge on any atom is 0.416 e. The SMILES string of the molecule is Cc1cc(NC(=O)Nc2ccc(S(=O)(=O)N3CCC[C@H]3C(=O)O)cc2)ccc1C(F)(F)F. The van der Waals surface area contributed by atoms with Crippen LogP contribution in [0.15, 0.2) is 47.4 Å². The number of rotatable bonds is 5. The molecule has 1 aliphatic rings. The first-order chi connectivity index (χ1) is 14.9. The number of carbonyl (C=O) groups excluding carboxylic acids is 1. The number of carbonyl (C=O) groups is 2. The largest absolute Gasteiger partial charge is 0.480 e. The van der Waals surface area contributed by atoms with Gasteiger partial charge in [0, 0.05) is 17.9 Å². The predicted octanol–water partition coefficient (Wildman–Crippen LogP) is 3.90. The monoisotopic (exact) mass is 471 g/mol. The van der Waals surface area contributed by atoms with Crippen LogP contribution in [-0.4, -0.2) is 42.4 Å². The van der Waals surface area contributed by atoms with Gasteiger partial charge in [-0.05, 0) is 67.8 Å². The second-order valence-corrected chi connectivity index (χ2v) is 9.13. The number of aliphatic carboxylic acids is 1. The van der Waals surface area contributed by atoms with E-state index in [4.69, 9.17) is 0 Å². The predicted molar refractivity (Wildman–Crippen MR) is 110 cm³/mol. The Morgan fingerprint density at radius 2 is 1.66 bits per heavy atom. The van der Waals surface area contributed by atoms with E-state index in [2.05, 4.69) is 10.6 Å². The highest BCUT2D eigenvalue weighted by molar-refractivity contribution is 7.89. The zero-order valence-corrected chi connectivity index (χ0v) is 17.6. The lowest BCUT2D eigenvalue weighted by atomic mass is 10.1. The second kappa shape index (κ2) is 8.79. The third-order valence-electron chi connectivity index (χ3n) is 5.00. The number of hydrogen-bond acceptors (Lipinski definition) is 4. The molecule has 3 rings (SSSR count). The molecule has 0 aromatic heterocycles.